The van der Waals surface area contributed by atoms with Crippen LogP contribution in [0.15, 0.2) is 42.5 Å². The topological polar surface area (TPSA) is 41.5 Å². The predicted octanol–water partition coefficient (Wildman–Crippen LogP) is 3.50. The summed E-state index contributed by atoms with van der Waals surface area (Å²) in [6.07, 6.45) is 4.47. The molecule has 22 heavy (non-hydrogen) atoms. The van der Waals surface area contributed by atoms with E-state index in [1.165, 1.54) is 25.7 Å². The van der Waals surface area contributed by atoms with E-state index in [2.05, 4.69) is 30.4 Å². The van der Waals surface area contributed by atoms with E-state index in [0.29, 0.717) is 13.2 Å². The molecule has 1 unspecified atom stereocenters. The van der Waals surface area contributed by atoms with Gasteiger partial charge in [-0.15, -0.1) is 0 Å². The summed E-state index contributed by atoms with van der Waals surface area (Å²) in [6, 6.07) is 14.2. The summed E-state index contributed by atoms with van der Waals surface area (Å²) in [5, 5.41) is 15.9. The van der Waals surface area contributed by atoms with Crippen molar-refractivity contribution in [1.82, 2.24) is 5.32 Å². The summed E-state index contributed by atoms with van der Waals surface area (Å²) in [5.74, 6) is 0.837. The molecule has 0 amide bonds. The summed E-state index contributed by atoms with van der Waals surface area (Å²) in [6.45, 7) is 3.15. The Morgan fingerprint density at radius 3 is 2.68 bits per heavy atom. The average Bonchev–Trinajstić information content (AvgIpc) is 2.98. The molecule has 0 bridgehead atoms. The van der Waals surface area contributed by atoms with Crippen molar-refractivity contribution in [2.75, 3.05) is 13.2 Å². The van der Waals surface area contributed by atoms with Crippen molar-refractivity contribution in [3.8, 4) is 5.75 Å². The Bertz CT molecular complexity index is 614. The third-order valence-electron chi connectivity index (χ3n) is 4.65. The molecule has 118 valence electrons. The van der Waals surface area contributed by atoms with E-state index in [9.17, 15) is 5.11 Å². The van der Waals surface area contributed by atoms with Gasteiger partial charge in [-0.25, -0.2) is 0 Å². The van der Waals surface area contributed by atoms with Gasteiger partial charge < -0.3 is 15.2 Å². The summed E-state index contributed by atoms with van der Waals surface area (Å²) >= 11 is 0. The van der Waals surface area contributed by atoms with Crippen molar-refractivity contribution in [1.29, 1.82) is 0 Å². The van der Waals surface area contributed by atoms with Crippen LogP contribution in [0.5, 0.6) is 5.75 Å². The van der Waals surface area contributed by atoms with Gasteiger partial charge in [-0.2, -0.15) is 0 Å². The number of β-amino-alcohol motifs (C(OH)–C–C–N with tert-alkyl or cyclic N) is 1. The van der Waals surface area contributed by atoms with Crippen LogP contribution in [0.3, 0.4) is 0 Å². The van der Waals surface area contributed by atoms with Crippen molar-refractivity contribution in [2.24, 2.45) is 0 Å². The molecule has 0 aliphatic heterocycles. The number of hydrogen-bond acceptors (Lipinski definition) is 3. The first-order valence-electron chi connectivity index (χ1n) is 8.20. The Morgan fingerprint density at radius 2 is 1.86 bits per heavy atom. The number of aliphatic hydroxyl groups is 1. The predicted molar refractivity (Wildman–Crippen MR) is 90.3 cm³/mol. The van der Waals surface area contributed by atoms with Gasteiger partial charge in [0.2, 0.25) is 0 Å². The maximum atomic E-state index is 10.2. The van der Waals surface area contributed by atoms with Crippen LogP contribution in [0, 0.1) is 0 Å². The summed E-state index contributed by atoms with van der Waals surface area (Å²) in [7, 11) is 0. The molecule has 0 saturated heterocycles. The number of nitrogens with one attached hydrogen (secondary N) is 1. The molecule has 0 radical (unpaired) electrons. The SMILES string of the molecule is CC1(NCC(O)COc2cccc3ccccc23)CCCC1. The van der Waals surface area contributed by atoms with Crippen molar-refractivity contribution >= 4 is 10.8 Å². The van der Waals surface area contributed by atoms with Gasteiger partial charge in [0.25, 0.3) is 0 Å². The molecule has 2 aromatic rings. The normalized spacial score (nSPS) is 18.5. The number of fused-ring (bicyclic) bond motifs is 1. The van der Waals surface area contributed by atoms with Crippen LogP contribution in [0.25, 0.3) is 10.8 Å². The molecule has 1 saturated carbocycles. The van der Waals surface area contributed by atoms with E-state index in [1.54, 1.807) is 0 Å². The van der Waals surface area contributed by atoms with Crippen LogP contribution < -0.4 is 10.1 Å². The second kappa shape index (κ2) is 6.67. The zero-order valence-electron chi connectivity index (χ0n) is 13.2. The van der Waals surface area contributed by atoms with Crippen molar-refractivity contribution in [3.05, 3.63) is 42.5 Å². The second-order valence-electron chi connectivity index (χ2n) is 6.59. The minimum Gasteiger partial charge on any atom is -0.490 e. The lowest BCUT2D eigenvalue weighted by Gasteiger charge is -2.27. The highest BCUT2D eigenvalue weighted by Gasteiger charge is 2.28. The quantitative estimate of drug-likeness (QED) is 0.858. The van der Waals surface area contributed by atoms with Gasteiger partial charge in [0.05, 0.1) is 0 Å². The third kappa shape index (κ3) is 3.60. The average molecular weight is 299 g/mol. The van der Waals surface area contributed by atoms with Crippen molar-refractivity contribution in [3.63, 3.8) is 0 Å². The Morgan fingerprint density at radius 1 is 1.14 bits per heavy atom. The monoisotopic (exact) mass is 299 g/mol. The van der Waals surface area contributed by atoms with Gasteiger partial charge in [0, 0.05) is 17.5 Å². The van der Waals surface area contributed by atoms with Gasteiger partial charge in [-0.05, 0) is 31.2 Å². The van der Waals surface area contributed by atoms with Gasteiger partial charge in [0.15, 0.2) is 0 Å². The van der Waals surface area contributed by atoms with Gasteiger partial charge in [-0.3, -0.25) is 0 Å². The maximum absolute atomic E-state index is 10.2. The molecule has 1 fully saturated rings. The van der Waals surface area contributed by atoms with E-state index in [4.69, 9.17) is 4.74 Å². The van der Waals surface area contributed by atoms with E-state index in [-0.39, 0.29) is 5.54 Å². The maximum Gasteiger partial charge on any atom is 0.127 e. The third-order valence-corrected chi connectivity index (χ3v) is 4.65. The summed E-state index contributed by atoms with van der Waals surface area (Å²) in [4.78, 5) is 0. The fraction of sp³-hybridized carbons (Fsp3) is 0.474. The lowest BCUT2D eigenvalue weighted by atomic mass is 10.0. The minimum atomic E-state index is -0.489. The smallest absolute Gasteiger partial charge is 0.127 e. The van der Waals surface area contributed by atoms with E-state index in [1.807, 2.05) is 24.3 Å². The van der Waals surface area contributed by atoms with Gasteiger partial charge >= 0.3 is 0 Å². The Balaban J connectivity index is 1.55. The van der Waals surface area contributed by atoms with Crippen LogP contribution in [-0.4, -0.2) is 29.9 Å². The highest BCUT2D eigenvalue weighted by atomic mass is 16.5. The fourth-order valence-corrected chi connectivity index (χ4v) is 3.26. The Hall–Kier alpha value is -1.58. The molecule has 2 N–H and O–H groups in total. The highest BCUT2D eigenvalue weighted by molar-refractivity contribution is 5.88. The first kappa shape index (κ1) is 15.3. The lowest BCUT2D eigenvalue weighted by Crippen LogP contribution is -2.44. The van der Waals surface area contributed by atoms with Crippen LogP contribution in [-0.2, 0) is 0 Å². The van der Waals surface area contributed by atoms with Gasteiger partial charge in [0.1, 0.15) is 18.5 Å². The number of rotatable bonds is 6. The van der Waals surface area contributed by atoms with E-state index < -0.39 is 6.10 Å². The number of benzene rings is 2. The number of aliphatic hydroxyl groups excluding tert-OH is 1. The molecule has 0 spiro atoms. The molecular weight excluding hydrogens is 274 g/mol. The molecule has 0 aromatic heterocycles. The first-order chi connectivity index (χ1) is 10.7. The number of hydrogen-bond donors (Lipinski definition) is 2. The summed E-state index contributed by atoms with van der Waals surface area (Å²) in [5.41, 5.74) is 0.195. The second-order valence-corrected chi connectivity index (χ2v) is 6.59. The van der Waals surface area contributed by atoms with E-state index in [0.717, 1.165) is 16.5 Å². The standard InChI is InChI=1S/C19H25NO2/c1-19(11-4-5-12-19)20-13-16(21)14-22-18-10-6-8-15-7-2-3-9-17(15)18/h2-3,6-10,16,20-21H,4-5,11-14H2,1H3. The first-order valence-corrected chi connectivity index (χ1v) is 8.20. The van der Waals surface area contributed by atoms with Crippen LogP contribution in [0.2, 0.25) is 0 Å². The van der Waals surface area contributed by atoms with Gasteiger partial charge in [-0.1, -0.05) is 49.2 Å². The van der Waals surface area contributed by atoms with E-state index >= 15 is 0 Å². The fourth-order valence-electron chi connectivity index (χ4n) is 3.26. The Kier molecular flexibility index (Phi) is 4.65. The minimum absolute atomic E-state index is 0.195. The molecule has 1 aliphatic rings. The number of ether oxygens (including phenoxy) is 1. The molecule has 3 heteroatoms. The lowest BCUT2D eigenvalue weighted by molar-refractivity contribution is 0.0987. The molecule has 1 atom stereocenters. The molecule has 3 nitrogen and oxygen atoms in total. The van der Waals surface area contributed by atoms with Crippen LogP contribution in [0.1, 0.15) is 32.6 Å². The van der Waals surface area contributed by atoms with Crippen LogP contribution >= 0.6 is 0 Å². The van der Waals surface area contributed by atoms with Crippen LogP contribution in [0.4, 0.5) is 0 Å². The zero-order valence-corrected chi connectivity index (χ0v) is 13.2. The molecular formula is C19H25NO2. The Labute approximate surface area is 132 Å². The van der Waals surface area contributed by atoms with Crippen molar-refractivity contribution < 1.29 is 9.84 Å². The zero-order chi connectivity index (χ0) is 15.4. The summed E-state index contributed by atoms with van der Waals surface area (Å²) < 4.78 is 5.84. The highest BCUT2D eigenvalue weighted by Crippen LogP contribution is 2.29. The molecule has 1 aliphatic carbocycles. The molecule has 3 rings (SSSR count). The molecule has 0 heterocycles. The largest absolute Gasteiger partial charge is 0.490 e. The molecule has 2 aromatic carbocycles. The van der Waals surface area contributed by atoms with Crippen molar-refractivity contribution in [2.45, 2.75) is 44.2 Å².